The van der Waals surface area contributed by atoms with E-state index in [1.807, 2.05) is 0 Å². The lowest BCUT2D eigenvalue weighted by atomic mass is 9.89. The number of carbonyl (C=O) groups excluding carboxylic acids is 1. The summed E-state index contributed by atoms with van der Waals surface area (Å²) in [6, 6.07) is 0. The minimum Gasteiger partial charge on any atom is -0.295 e. The van der Waals surface area contributed by atoms with Crippen molar-refractivity contribution >= 4 is 5.78 Å². The third kappa shape index (κ3) is 2.33. The highest BCUT2D eigenvalue weighted by molar-refractivity contribution is 5.88. The summed E-state index contributed by atoms with van der Waals surface area (Å²) >= 11 is 0. The molecule has 0 aromatic carbocycles. The van der Waals surface area contributed by atoms with E-state index in [0.717, 1.165) is 19.3 Å². The van der Waals surface area contributed by atoms with E-state index in [4.69, 9.17) is 0 Å². The van der Waals surface area contributed by atoms with Gasteiger partial charge in [-0.15, -0.1) is 0 Å². The Bertz CT molecular complexity index is 256. The fourth-order valence-electron chi connectivity index (χ4n) is 1.55. The number of hydrogen-bond donors (Lipinski definition) is 0. The maximum Gasteiger partial charge on any atom is 0.152 e. The smallest absolute Gasteiger partial charge is 0.152 e. The Morgan fingerprint density at radius 3 is 2.42 bits per heavy atom. The van der Waals surface area contributed by atoms with Crippen LogP contribution in [-0.2, 0) is 4.79 Å². The Hall–Kier alpha value is -0.850. The van der Waals surface area contributed by atoms with E-state index < -0.39 is 0 Å². The number of carbonyl (C=O) groups is 1. The summed E-state index contributed by atoms with van der Waals surface area (Å²) in [6.07, 6.45) is 5.00. The average molecular weight is 164 g/mol. The highest BCUT2D eigenvalue weighted by Crippen LogP contribution is 2.27. The zero-order chi connectivity index (χ0) is 9.14. The first-order chi connectivity index (χ1) is 5.59. The third-order valence-corrected chi connectivity index (χ3v) is 2.45. The van der Waals surface area contributed by atoms with Crippen LogP contribution in [0.2, 0.25) is 0 Å². The van der Waals surface area contributed by atoms with Gasteiger partial charge < -0.3 is 0 Å². The fraction of sp³-hybridized carbons (Fsp3) is 0.545. The molecule has 0 radical (unpaired) electrons. The normalized spacial score (nSPS) is 21.8. The number of hydrogen-bond acceptors (Lipinski definition) is 1. The number of ketones is 1. The zero-order valence-electron chi connectivity index (χ0n) is 8.11. The molecular weight excluding hydrogens is 148 g/mol. The molecule has 0 unspecified atom stereocenters. The maximum absolute atomic E-state index is 10.8. The monoisotopic (exact) mass is 164 g/mol. The van der Waals surface area contributed by atoms with E-state index in [1.165, 1.54) is 16.7 Å². The SMILES string of the molecule is CC(=O)C=C1CCC(C)=C(C)C1. The van der Waals surface area contributed by atoms with Crippen molar-refractivity contribution in [3.8, 4) is 0 Å². The Kier molecular flexibility index (Phi) is 2.85. The molecule has 1 aliphatic rings. The first kappa shape index (κ1) is 9.24. The minimum absolute atomic E-state index is 0.178. The predicted octanol–water partition coefficient (Wildman–Crippen LogP) is 3.02. The van der Waals surface area contributed by atoms with Crippen molar-refractivity contribution in [3.05, 3.63) is 22.8 Å². The van der Waals surface area contributed by atoms with Gasteiger partial charge in [0.05, 0.1) is 0 Å². The van der Waals surface area contributed by atoms with Gasteiger partial charge in [0.1, 0.15) is 0 Å². The van der Waals surface area contributed by atoms with E-state index in [2.05, 4.69) is 13.8 Å². The van der Waals surface area contributed by atoms with Crippen molar-refractivity contribution in [1.29, 1.82) is 0 Å². The van der Waals surface area contributed by atoms with Crippen molar-refractivity contribution in [2.75, 3.05) is 0 Å². The maximum atomic E-state index is 10.8. The van der Waals surface area contributed by atoms with E-state index in [1.54, 1.807) is 13.0 Å². The molecule has 0 atom stereocenters. The Morgan fingerprint density at radius 1 is 1.25 bits per heavy atom. The van der Waals surface area contributed by atoms with Crippen molar-refractivity contribution < 1.29 is 4.79 Å². The molecule has 1 nitrogen and oxygen atoms in total. The Labute approximate surface area is 74.2 Å². The first-order valence-electron chi connectivity index (χ1n) is 4.45. The van der Waals surface area contributed by atoms with Gasteiger partial charge in [0, 0.05) is 0 Å². The van der Waals surface area contributed by atoms with Crippen LogP contribution in [0.25, 0.3) is 0 Å². The summed E-state index contributed by atoms with van der Waals surface area (Å²) in [6.45, 7) is 5.95. The van der Waals surface area contributed by atoms with Crippen LogP contribution in [0, 0.1) is 0 Å². The van der Waals surface area contributed by atoms with Crippen LogP contribution in [0.4, 0.5) is 0 Å². The predicted molar refractivity (Wildman–Crippen MR) is 51.0 cm³/mol. The van der Waals surface area contributed by atoms with Gasteiger partial charge in [0.2, 0.25) is 0 Å². The van der Waals surface area contributed by atoms with E-state index in [-0.39, 0.29) is 5.78 Å². The molecular formula is C11H16O. The van der Waals surface area contributed by atoms with Crippen LogP contribution in [0.3, 0.4) is 0 Å². The molecule has 66 valence electrons. The van der Waals surface area contributed by atoms with E-state index in [9.17, 15) is 4.79 Å². The quantitative estimate of drug-likeness (QED) is 0.430. The summed E-state index contributed by atoms with van der Waals surface area (Å²) in [7, 11) is 0. The van der Waals surface area contributed by atoms with Crippen LogP contribution < -0.4 is 0 Å². The second-order valence-corrected chi connectivity index (χ2v) is 3.65. The molecule has 1 aliphatic carbocycles. The van der Waals surface area contributed by atoms with Crippen molar-refractivity contribution in [2.24, 2.45) is 0 Å². The highest BCUT2D eigenvalue weighted by atomic mass is 16.1. The van der Waals surface area contributed by atoms with Gasteiger partial charge in [-0.25, -0.2) is 0 Å². The molecule has 1 rings (SSSR count). The van der Waals surface area contributed by atoms with Gasteiger partial charge in [0.25, 0.3) is 0 Å². The van der Waals surface area contributed by atoms with Crippen LogP contribution in [-0.4, -0.2) is 5.78 Å². The Morgan fingerprint density at radius 2 is 1.92 bits per heavy atom. The van der Waals surface area contributed by atoms with Crippen LogP contribution in [0.5, 0.6) is 0 Å². The lowest BCUT2D eigenvalue weighted by molar-refractivity contribution is -0.112. The summed E-state index contributed by atoms with van der Waals surface area (Å²) in [5.41, 5.74) is 4.23. The molecule has 0 N–H and O–H groups in total. The van der Waals surface area contributed by atoms with E-state index >= 15 is 0 Å². The molecule has 0 bridgehead atoms. The van der Waals surface area contributed by atoms with E-state index in [0.29, 0.717) is 0 Å². The molecule has 0 fully saturated rings. The molecule has 0 amide bonds. The van der Waals surface area contributed by atoms with Crippen LogP contribution in [0.15, 0.2) is 22.8 Å². The molecule has 1 heteroatoms. The second kappa shape index (κ2) is 3.70. The van der Waals surface area contributed by atoms with Crippen LogP contribution in [0.1, 0.15) is 40.0 Å². The molecule has 0 heterocycles. The average Bonchev–Trinajstić information content (AvgIpc) is 1.96. The topological polar surface area (TPSA) is 17.1 Å². The molecule has 0 spiro atoms. The third-order valence-electron chi connectivity index (χ3n) is 2.45. The van der Waals surface area contributed by atoms with Crippen molar-refractivity contribution in [3.63, 3.8) is 0 Å². The summed E-state index contributed by atoms with van der Waals surface area (Å²) in [5, 5.41) is 0. The van der Waals surface area contributed by atoms with Gasteiger partial charge in [-0.3, -0.25) is 4.79 Å². The molecule has 0 saturated heterocycles. The van der Waals surface area contributed by atoms with Crippen LogP contribution >= 0.6 is 0 Å². The first-order valence-corrected chi connectivity index (χ1v) is 4.45. The summed E-state index contributed by atoms with van der Waals surface area (Å²) in [5.74, 6) is 0.178. The molecule has 12 heavy (non-hydrogen) atoms. The lowest BCUT2D eigenvalue weighted by Gasteiger charge is -2.17. The summed E-state index contributed by atoms with van der Waals surface area (Å²) in [4.78, 5) is 10.8. The lowest BCUT2D eigenvalue weighted by Crippen LogP contribution is -1.99. The van der Waals surface area contributed by atoms with Crippen molar-refractivity contribution in [2.45, 2.75) is 40.0 Å². The highest BCUT2D eigenvalue weighted by Gasteiger charge is 2.09. The van der Waals surface area contributed by atoms with Gasteiger partial charge in [0.15, 0.2) is 5.78 Å². The van der Waals surface area contributed by atoms with Gasteiger partial charge in [-0.1, -0.05) is 16.7 Å². The largest absolute Gasteiger partial charge is 0.295 e. The second-order valence-electron chi connectivity index (χ2n) is 3.65. The molecule has 0 aromatic heterocycles. The molecule has 0 aromatic rings. The fourth-order valence-corrected chi connectivity index (χ4v) is 1.55. The zero-order valence-corrected chi connectivity index (χ0v) is 8.11. The standard InChI is InChI=1S/C11H16O/c1-8-4-5-11(6-9(8)2)7-10(3)12/h7H,4-6H2,1-3H3. The summed E-state index contributed by atoms with van der Waals surface area (Å²) < 4.78 is 0. The molecule has 0 aliphatic heterocycles. The number of allylic oxidation sites excluding steroid dienone is 4. The Balaban J connectivity index is 2.73. The molecule has 0 saturated carbocycles. The van der Waals surface area contributed by atoms with Crippen molar-refractivity contribution in [1.82, 2.24) is 0 Å². The van der Waals surface area contributed by atoms with Gasteiger partial charge >= 0.3 is 0 Å². The van der Waals surface area contributed by atoms with Gasteiger partial charge in [-0.2, -0.15) is 0 Å². The minimum atomic E-state index is 0.178. The number of rotatable bonds is 1. The van der Waals surface area contributed by atoms with Gasteiger partial charge in [-0.05, 0) is 46.1 Å².